The highest BCUT2D eigenvalue weighted by Gasteiger charge is 2.22. The van der Waals surface area contributed by atoms with Crippen molar-refractivity contribution >= 4 is 10.0 Å². The summed E-state index contributed by atoms with van der Waals surface area (Å²) in [7, 11) is -3.05. The lowest BCUT2D eigenvalue weighted by Gasteiger charge is -2.33. The Labute approximate surface area is 127 Å². The van der Waals surface area contributed by atoms with Gasteiger partial charge in [0, 0.05) is 32.7 Å². The number of sulfonamides is 1. The maximum atomic E-state index is 11.4. The van der Waals surface area contributed by atoms with Crippen molar-refractivity contribution in [2.24, 2.45) is 0 Å². The first-order chi connectivity index (χ1) is 9.84. The fourth-order valence-corrected chi connectivity index (χ4v) is 3.42. The van der Waals surface area contributed by atoms with Crippen LogP contribution >= 0.6 is 0 Å². The van der Waals surface area contributed by atoms with E-state index in [2.05, 4.69) is 24.8 Å². The highest BCUT2D eigenvalue weighted by Crippen LogP contribution is 2.16. The predicted molar refractivity (Wildman–Crippen MR) is 84.3 cm³/mol. The second-order valence-corrected chi connectivity index (χ2v) is 7.66. The Bertz CT molecular complexity index is 558. The van der Waals surface area contributed by atoms with E-state index < -0.39 is 10.0 Å². The molecule has 0 amide bonds. The van der Waals surface area contributed by atoms with Crippen LogP contribution in [0.5, 0.6) is 5.75 Å². The number of benzene rings is 1. The van der Waals surface area contributed by atoms with E-state index in [4.69, 9.17) is 4.74 Å². The van der Waals surface area contributed by atoms with E-state index in [-0.39, 0.29) is 0 Å². The van der Waals surface area contributed by atoms with E-state index in [0.717, 1.165) is 25.4 Å². The molecule has 1 aromatic carbocycles. The summed E-state index contributed by atoms with van der Waals surface area (Å²) in [5, 5.41) is 0. The van der Waals surface area contributed by atoms with Crippen LogP contribution in [0.1, 0.15) is 11.1 Å². The topological polar surface area (TPSA) is 49.9 Å². The van der Waals surface area contributed by atoms with Gasteiger partial charge < -0.3 is 4.74 Å². The molecule has 0 bridgehead atoms. The SMILES string of the molecule is Cc1cc(C)cc(OCCN2CCN(S(C)(=O)=O)CC2)c1. The Morgan fingerprint density at radius 2 is 1.62 bits per heavy atom. The number of hydrogen-bond donors (Lipinski definition) is 0. The molecule has 0 radical (unpaired) electrons. The van der Waals surface area contributed by atoms with Gasteiger partial charge in [0.05, 0.1) is 6.26 Å². The molecule has 21 heavy (non-hydrogen) atoms. The van der Waals surface area contributed by atoms with Gasteiger partial charge in [0.2, 0.25) is 10.0 Å². The van der Waals surface area contributed by atoms with Crippen LogP contribution < -0.4 is 4.74 Å². The van der Waals surface area contributed by atoms with Crippen molar-refractivity contribution in [3.05, 3.63) is 29.3 Å². The molecule has 1 saturated heterocycles. The van der Waals surface area contributed by atoms with Gasteiger partial charge in [-0.25, -0.2) is 8.42 Å². The van der Waals surface area contributed by atoms with Crippen LogP contribution in [0.25, 0.3) is 0 Å². The monoisotopic (exact) mass is 312 g/mol. The second kappa shape index (κ2) is 6.77. The van der Waals surface area contributed by atoms with Gasteiger partial charge in [0.15, 0.2) is 0 Å². The van der Waals surface area contributed by atoms with Gasteiger partial charge in [0.25, 0.3) is 0 Å². The Hall–Kier alpha value is -1.11. The standard InChI is InChI=1S/C15H24N2O3S/c1-13-10-14(2)12-15(11-13)20-9-8-16-4-6-17(7-5-16)21(3,18)19/h10-12H,4-9H2,1-3H3. The number of rotatable bonds is 5. The van der Waals surface area contributed by atoms with Gasteiger partial charge in [-0.05, 0) is 37.1 Å². The number of nitrogens with zero attached hydrogens (tertiary/aromatic N) is 2. The Morgan fingerprint density at radius 3 is 2.14 bits per heavy atom. The first kappa shape index (κ1) is 16.3. The van der Waals surface area contributed by atoms with Crippen molar-refractivity contribution in [3.8, 4) is 5.75 Å². The lowest BCUT2D eigenvalue weighted by atomic mass is 10.1. The third-order valence-corrected chi connectivity index (χ3v) is 4.97. The number of ether oxygens (including phenoxy) is 1. The average molecular weight is 312 g/mol. The maximum absolute atomic E-state index is 11.4. The summed E-state index contributed by atoms with van der Waals surface area (Å²) in [6, 6.07) is 6.19. The summed E-state index contributed by atoms with van der Waals surface area (Å²) < 4.78 is 30.2. The van der Waals surface area contributed by atoms with Crippen LogP contribution in [-0.2, 0) is 10.0 Å². The molecule has 118 valence electrons. The van der Waals surface area contributed by atoms with Crippen LogP contribution in [0.2, 0.25) is 0 Å². The quantitative estimate of drug-likeness (QED) is 0.821. The maximum Gasteiger partial charge on any atom is 0.211 e. The van der Waals surface area contributed by atoms with Gasteiger partial charge in [-0.2, -0.15) is 4.31 Å². The molecule has 0 aromatic heterocycles. The molecular formula is C15H24N2O3S. The smallest absolute Gasteiger partial charge is 0.211 e. The van der Waals surface area contributed by atoms with Crippen molar-refractivity contribution in [1.82, 2.24) is 9.21 Å². The molecule has 0 saturated carbocycles. The molecule has 1 aromatic rings. The highest BCUT2D eigenvalue weighted by atomic mass is 32.2. The molecule has 2 rings (SSSR count). The van der Waals surface area contributed by atoms with E-state index >= 15 is 0 Å². The second-order valence-electron chi connectivity index (χ2n) is 5.68. The Morgan fingerprint density at radius 1 is 1.05 bits per heavy atom. The highest BCUT2D eigenvalue weighted by molar-refractivity contribution is 7.88. The van der Waals surface area contributed by atoms with Crippen LogP contribution in [-0.4, -0.2) is 63.2 Å². The van der Waals surface area contributed by atoms with Crippen LogP contribution in [0.15, 0.2) is 18.2 Å². The molecule has 1 heterocycles. The van der Waals surface area contributed by atoms with Crippen molar-refractivity contribution in [2.75, 3.05) is 45.6 Å². The first-order valence-electron chi connectivity index (χ1n) is 7.23. The molecule has 0 aliphatic carbocycles. The van der Waals surface area contributed by atoms with E-state index in [9.17, 15) is 8.42 Å². The third kappa shape index (κ3) is 4.98. The van der Waals surface area contributed by atoms with Crippen molar-refractivity contribution in [3.63, 3.8) is 0 Å². The minimum absolute atomic E-state index is 0.572. The van der Waals surface area contributed by atoms with Crippen molar-refractivity contribution in [2.45, 2.75) is 13.8 Å². The third-order valence-electron chi connectivity index (χ3n) is 3.67. The average Bonchev–Trinajstić information content (AvgIpc) is 2.37. The Balaban J connectivity index is 1.75. The van der Waals surface area contributed by atoms with Gasteiger partial charge in [0.1, 0.15) is 12.4 Å². The van der Waals surface area contributed by atoms with Gasteiger partial charge >= 0.3 is 0 Å². The first-order valence-corrected chi connectivity index (χ1v) is 9.08. The minimum Gasteiger partial charge on any atom is -0.492 e. The number of aryl methyl sites for hydroxylation is 2. The molecule has 1 fully saturated rings. The summed E-state index contributed by atoms with van der Waals surface area (Å²) in [5.74, 6) is 0.905. The van der Waals surface area contributed by atoms with Gasteiger partial charge in [-0.1, -0.05) is 6.07 Å². The fraction of sp³-hybridized carbons (Fsp3) is 0.600. The summed E-state index contributed by atoms with van der Waals surface area (Å²) >= 11 is 0. The molecule has 6 heteroatoms. The van der Waals surface area contributed by atoms with Crippen molar-refractivity contribution in [1.29, 1.82) is 0 Å². The number of piperazine rings is 1. The molecule has 0 spiro atoms. The molecule has 0 atom stereocenters. The molecule has 1 aliphatic rings. The zero-order valence-corrected chi connectivity index (χ0v) is 13.8. The zero-order chi connectivity index (χ0) is 15.5. The van der Waals surface area contributed by atoms with E-state index in [1.807, 2.05) is 12.1 Å². The zero-order valence-electron chi connectivity index (χ0n) is 13.0. The van der Waals surface area contributed by atoms with Gasteiger partial charge in [-0.3, -0.25) is 4.90 Å². The molecule has 0 N–H and O–H groups in total. The van der Waals surface area contributed by atoms with E-state index in [0.29, 0.717) is 19.7 Å². The lowest BCUT2D eigenvalue weighted by molar-refractivity contribution is 0.159. The molecule has 5 nitrogen and oxygen atoms in total. The molecule has 1 aliphatic heterocycles. The van der Waals surface area contributed by atoms with Crippen molar-refractivity contribution < 1.29 is 13.2 Å². The molecular weight excluding hydrogens is 288 g/mol. The summed E-state index contributed by atoms with van der Waals surface area (Å²) in [5.41, 5.74) is 2.40. The van der Waals surface area contributed by atoms with Crippen LogP contribution in [0.4, 0.5) is 0 Å². The normalized spacial score (nSPS) is 17.9. The summed E-state index contributed by atoms with van der Waals surface area (Å²) in [6.07, 6.45) is 1.27. The largest absolute Gasteiger partial charge is 0.492 e. The van der Waals surface area contributed by atoms with E-state index in [1.165, 1.54) is 21.7 Å². The number of hydrogen-bond acceptors (Lipinski definition) is 4. The van der Waals surface area contributed by atoms with Gasteiger partial charge in [-0.15, -0.1) is 0 Å². The van der Waals surface area contributed by atoms with Crippen LogP contribution in [0.3, 0.4) is 0 Å². The predicted octanol–water partition coefficient (Wildman–Crippen LogP) is 1.26. The van der Waals surface area contributed by atoms with Crippen LogP contribution in [0, 0.1) is 13.8 Å². The lowest BCUT2D eigenvalue weighted by Crippen LogP contribution is -2.49. The molecule has 0 unspecified atom stereocenters. The Kier molecular flexibility index (Phi) is 5.24. The summed E-state index contributed by atoms with van der Waals surface area (Å²) in [4.78, 5) is 2.24. The summed E-state index contributed by atoms with van der Waals surface area (Å²) in [6.45, 7) is 8.25. The minimum atomic E-state index is -3.05. The fourth-order valence-electron chi connectivity index (χ4n) is 2.59. The van der Waals surface area contributed by atoms with E-state index in [1.54, 1.807) is 0 Å².